The quantitative estimate of drug-likeness (QED) is 0.474. The van der Waals surface area contributed by atoms with Crippen molar-refractivity contribution in [1.82, 2.24) is 0 Å². The van der Waals surface area contributed by atoms with E-state index in [9.17, 15) is 9.59 Å². The molecule has 0 atom stereocenters. The van der Waals surface area contributed by atoms with Crippen LogP contribution in [-0.4, -0.2) is 21.8 Å². The number of rotatable bonds is 4. The summed E-state index contributed by atoms with van der Waals surface area (Å²) >= 11 is 0. The molecule has 0 rings (SSSR count). The van der Waals surface area contributed by atoms with Gasteiger partial charge in [0.2, 0.25) is 0 Å². The Morgan fingerprint density at radius 2 is 1.12 bits per heavy atom. The summed E-state index contributed by atoms with van der Waals surface area (Å²) in [5, 5.41) is 17.3. The normalized spacial score (nSPS) is 10.8. The van der Waals surface area contributed by atoms with Gasteiger partial charge in [-0.1, -0.05) is 13.8 Å². The van der Waals surface area contributed by atoms with Crippen molar-refractivity contribution in [2.24, 2.45) is 0 Å². The second kappa shape index (κ2) is 13.0. The molecule has 0 unspecified atom stereocenters. The van der Waals surface area contributed by atoms with E-state index in [-0.39, 0.29) is 40.2 Å². The fourth-order valence-electron chi connectivity index (χ4n) is 0.673. The Balaban J connectivity index is -0.000000218. The third-order valence-electron chi connectivity index (χ3n) is 1.46. The fourth-order valence-corrected chi connectivity index (χ4v) is 0.673. The number of carbonyl (C=O) groups is 2. The van der Waals surface area contributed by atoms with E-state index >= 15 is 0 Å². The maximum atomic E-state index is 10.2. The molecule has 0 aliphatic carbocycles. The van der Waals surface area contributed by atoms with Crippen LogP contribution in [0.2, 0.25) is 0 Å². The van der Waals surface area contributed by atoms with Crippen molar-refractivity contribution >= 4 is 11.6 Å². The van der Waals surface area contributed by atoms with E-state index in [1.165, 1.54) is 26.0 Å². The molecule has 0 aliphatic rings. The van der Waals surface area contributed by atoms with Gasteiger partial charge in [-0.15, -0.1) is 0 Å². The van der Waals surface area contributed by atoms with Gasteiger partial charge in [0.15, 0.2) is 11.6 Å². The Morgan fingerprint density at radius 1 is 0.882 bits per heavy atom. The molecule has 0 aromatic carbocycles. The van der Waals surface area contributed by atoms with E-state index in [1.54, 1.807) is 13.8 Å². The molecule has 103 valence electrons. The first-order valence-corrected chi connectivity index (χ1v) is 5.13. The van der Waals surface area contributed by atoms with E-state index in [0.29, 0.717) is 12.8 Å². The topological polar surface area (TPSA) is 74.6 Å². The van der Waals surface area contributed by atoms with Crippen LogP contribution in [0.25, 0.3) is 0 Å². The predicted molar refractivity (Wildman–Crippen MR) is 63.4 cm³/mol. The van der Waals surface area contributed by atoms with Crippen molar-refractivity contribution in [3.8, 4) is 0 Å². The molecule has 2 N–H and O–H groups in total. The fraction of sp³-hybridized carbons (Fsp3) is 0.500. The number of ketones is 2. The van der Waals surface area contributed by atoms with Gasteiger partial charge in [0.05, 0.1) is 11.5 Å². The van der Waals surface area contributed by atoms with Crippen LogP contribution >= 0.6 is 0 Å². The van der Waals surface area contributed by atoms with Gasteiger partial charge in [-0.25, -0.2) is 0 Å². The molecule has 0 saturated carbocycles. The molecule has 4 nitrogen and oxygen atoms in total. The molecule has 0 amide bonds. The summed E-state index contributed by atoms with van der Waals surface area (Å²) in [7, 11) is 0. The zero-order chi connectivity index (χ0) is 13.1. The van der Waals surface area contributed by atoms with Crippen LogP contribution in [0.15, 0.2) is 23.7 Å². The Kier molecular flexibility index (Phi) is 16.3. The number of carbonyl (C=O) groups excluding carboxylic acids is 2. The molecular formula is C12H20CuO4. The van der Waals surface area contributed by atoms with Crippen molar-refractivity contribution in [2.45, 2.75) is 40.5 Å². The molecular weight excluding hydrogens is 272 g/mol. The summed E-state index contributed by atoms with van der Waals surface area (Å²) in [6.45, 7) is 6.39. The third kappa shape index (κ3) is 20.9. The molecule has 0 saturated heterocycles. The zero-order valence-corrected chi connectivity index (χ0v) is 11.5. The van der Waals surface area contributed by atoms with E-state index in [0.717, 1.165) is 0 Å². The van der Waals surface area contributed by atoms with Gasteiger partial charge in [-0.3, -0.25) is 9.59 Å². The van der Waals surface area contributed by atoms with E-state index in [4.69, 9.17) is 10.2 Å². The first-order valence-electron chi connectivity index (χ1n) is 5.13. The van der Waals surface area contributed by atoms with Crippen molar-refractivity contribution in [2.75, 3.05) is 0 Å². The Labute approximate surface area is 113 Å². The van der Waals surface area contributed by atoms with E-state index in [2.05, 4.69) is 0 Å². The standard InChI is InChI=1S/2C6H10O2.Cu/c2*1-3-6(8)4-5(2)7;/h2*4,8H,3H2,1-2H3;/b2*6-4-;. The van der Waals surface area contributed by atoms with Gasteiger partial charge in [0.25, 0.3) is 0 Å². The van der Waals surface area contributed by atoms with Crippen LogP contribution in [0.4, 0.5) is 0 Å². The second-order valence-corrected chi connectivity index (χ2v) is 3.20. The zero-order valence-electron chi connectivity index (χ0n) is 10.6. The Hall–Kier alpha value is -1.06. The molecule has 1 radical (unpaired) electrons. The average molecular weight is 292 g/mol. The number of allylic oxidation sites excluding steroid dienone is 4. The van der Waals surface area contributed by atoms with E-state index in [1.807, 2.05) is 0 Å². The monoisotopic (exact) mass is 291 g/mol. The van der Waals surface area contributed by atoms with Crippen LogP contribution in [0.3, 0.4) is 0 Å². The van der Waals surface area contributed by atoms with Gasteiger partial charge in [0, 0.05) is 42.1 Å². The van der Waals surface area contributed by atoms with Crippen LogP contribution in [-0.2, 0) is 26.7 Å². The van der Waals surface area contributed by atoms with Gasteiger partial charge in [-0.05, 0) is 13.8 Å². The summed E-state index contributed by atoms with van der Waals surface area (Å²) in [5.74, 6) is 0.0868. The van der Waals surface area contributed by atoms with Crippen LogP contribution < -0.4 is 0 Å². The minimum absolute atomic E-state index is 0. The van der Waals surface area contributed by atoms with Crippen LogP contribution in [0.1, 0.15) is 40.5 Å². The van der Waals surface area contributed by atoms with E-state index < -0.39 is 0 Å². The Morgan fingerprint density at radius 3 is 1.18 bits per heavy atom. The minimum atomic E-state index is -0.107. The summed E-state index contributed by atoms with van der Waals surface area (Å²) in [5.41, 5.74) is 0. The number of hydrogen-bond donors (Lipinski definition) is 2. The van der Waals surface area contributed by atoms with Gasteiger partial charge in [-0.2, -0.15) is 0 Å². The summed E-state index contributed by atoms with van der Waals surface area (Å²) in [6.07, 6.45) is 3.50. The molecule has 0 spiro atoms. The Bertz CT molecular complexity index is 263. The third-order valence-corrected chi connectivity index (χ3v) is 1.46. The van der Waals surface area contributed by atoms with Gasteiger partial charge in [0.1, 0.15) is 0 Å². The van der Waals surface area contributed by atoms with Crippen LogP contribution in [0.5, 0.6) is 0 Å². The summed E-state index contributed by atoms with van der Waals surface area (Å²) in [6, 6.07) is 0. The van der Waals surface area contributed by atoms with Crippen molar-refractivity contribution < 1.29 is 36.9 Å². The first-order chi connectivity index (χ1) is 7.33. The van der Waals surface area contributed by atoms with Gasteiger partial charge >= 0.3 is 0 Å². The number of aliphatic hydroxyl groups is 2. The maximum absolute atomic E-state index is 10.2. The smallest absolute Gasteiger partial charge is 0.155 e. The molecule has 0 aliphatic heterocycles. The maximum Gasteiger partial charge on any atom is 0.155 e. The molecule has 0 aromatic rings. The summed E-state index contributed by atoms with van der Waals surface area (Å²) in [4.78, 5) is 20.4. The van der Waals surface area contributed by atoms with Crippen LogP contribution in [0, 0.1) is 0 Å². The molecule has 0 bridgehead atoms. The summed E-state index contributed by atoms with van der Waals surface area (Å²) < 4.78 is 0. The second-order valence-electron chi connectivity index (χ2n) is 3.20. The average Bonchev–Trinajstić information content (AvgIpc) is 2.16. The number of hydrogen-bond acceptors (Lipinski definition) is 4. The molecule has 0 heterocycles. The SMILES string of the molecule is CC/C(O)=C/C(C)=O.CC/C(O)=C/C(C)=O.[Cu]. The molecule has 5 heteroatoms. The molecule has 0 aromatic heterocycles. The van der Waals surface area contributed by atoms with Crippen molar-refractivity contribution in [1.29, 1.82) is 0 Å². The minimum Gasteiger partial charge on any atom is -0.512 e. The van der Waals surface area contributed by atoms with Crippen molar-refractivity contribution in [3.05, 3.63) is 23.7 Å². The molecule has 0 fully saturated rings. The molecule has 17 heavy (non-hydrogen) atoms. The van der Waals surface area contributed by atoms with Gasteiger partial charge < -0.3 is 10.2 Å². The van der Waals surface area contributed by atoms with Crippen molar-refractivity contribution in [3.63, 3.8) is 0 Å². The predicted octanol–water partition coefficient (Wildman–Crippen LogP) is 2.85. The largest absolute Gasteiger partial charge is 0.512 e. The number of aliphatic hydroxyl groups excluding tert-OH is 2. The first kappa shape index (κ1) is 21.2.